The molecule has 0 atom stereocenters. The van der Waals surface area contributed by atoms with Crippen LogP contribution in [-0.2, 0) is 6.18 Å². The van der Waals surface area contributed by atoms with Gasteiger partial charge in [-0.15, -0.1) is 0 Å². The SMILES string of the molecule is CNC(=O)c1ccccc1Nc1nc(Nc2ccc(-c3ccn(C4CCNCC4)n3)cc2)ncc1C(F)(F)F. The third-order valence-electron chi connectivity index (χ3n) is 6.47. The van der Waals surface area contributed by atoms with Crippen molar-refractivity contribution in [2.75, 3.05) is 30.8 Å². The van der Waals surface area contributed by atoms with Crippen LogP contribution < -0.4 is 21.3 Å². The third kappa shape index (κ3) is 6.01. The van der Waals surface area contributed by atoms with Gasteiger partial charge in [-0.25, -0.2) is 4.98 Å². The van der Waals surface area contributed by atoms with E-state index in [0.717, 1.165) is 37.2 Å². The predicted molar refractivity (Wildman–Crippen MR) is 142 cm³/mol. The number of anilines is 4. The Balaban J connectivity index is 1.36. The summed E-state index contributed by atoms with van der Waals surface area (Å²) in [5.41, 5.74) is 1.65. The van der Waals surface area contributed by atoms with Crippen molar-refractivity contribution in [1.29, 1.82) is 0 Å². The molecule has 0 radical (unpaired) electrons. The van der Waals surface area contributed by atoms with E-state index < -0.39 is 23.5 Å². The van der Waals surface area contributed by atoms with Gasteiger partial charge >= 0.3 is 6.18 Å². The Kier molecular flexibility index (Phi) is 7.46. The fourth-order valence-electron chi connectivity index (χ4n) is 4.42. The molecule has 0 spiro atoms. The summed E-state index contributed by atoms with van der Waals surface area (Å²) in [4.78, 5) is 20.2. The van der Waals surface area contributed by atoms with Crippen LogP contribution in [0.1, 0.15) is 34.8 Å². The molecular formula is C27H27F3N8O. The number of piperidine rings is 1. The number of carbonyl (C=O) groups excluding carboxylic acids is 1. The van der Waals surface area contributed by atoms with Gasteiger partial charge in [0, 0.05) is 30.7 Å². The molecule has 3 heterocycles. The third-order valence-corrected chi connectivity index (χ3v) is 6.47. The van der Waals surface area contributed by atoms with Crippen molar-refractivity contribution in [3.05, 3.63) is 78.1 Å². The number of nitrogens with one attached hydrogen (secondary N) is 4. The Bertz CT molecular complexity index is 1450. The molecule has 202 valence electrons. The molecule has 12 heteroatoms. The van der Waals surface area contributed by atoms with Crippen LogP contribution in [0.15, 0.2) is 67.0 Å². The van der Waals surface area contributed by atoms with Crippen molar-refractivity contribution >= 4 is 29.0 Å². The van der Waals surface area contributed by atoms with Crippen molar-refractivity contribution in [2.24, 2.45) is 0 Å². The quantitative estimate of drug-likeness (QED) is 0.259. The lowest BCUT2D eigenvalue weighted by Gasteiger charge is -2.22. The van der Waals surface area contributed by atoms with Gasteiger partial charge < -0.3 is 21.3 Å². The summed E-state index contributed by atoms with van der Waals surface area (Å²) in [6, 6.07) is 15.9. The Morgan fingerprint density at radius 3 is 2.49 bits per heavy atom. The van der Waals surface area contributed by atoms with Crippen LogP contribution in [0.3, 0.4) is 0 Å². The number of carbonyl (C=O) groups is 1. The second kappa shape index (κ2) is 11.1. The van der Waals surface area contributed by atoms with E-state index in [4.69, 9.17) is 5.10 Å². The molecule has 0 saturated carbocycles. The highest BCUT2D eigenvalue weighted by Gasteiger charge is 2.35. The van der Waals surface area contributed by atoms with E-state index in [1.807, 2.05) is 29.1 Å². The average Bonchev–Trinajstić information content (AvgIpc) is 3.44. The first kappa shape index (κ1) is 26.2. The van der Waals surface area contributed by atoms with Gasteiger partial charge in [0.05, 0.1) is 23.0 Å². The maximum Gasteiger partial charge on any atom is 0.421 e. The first-order valence-electron chi connectivity index (χ1n) is 12.5. The Hall–Kier alpha value is -4.45. The maximum absolute atomic E-state index is 13.7. The van der Waals surface area contributed by atoms with Gasteiger partial charge in [-0.2, -0.15) is 23.3 Å². The summed E-state index contributed by atoms with van der Waals surface area (Å²) in [7, 11) is 1.44. The summed E-state index contributed by atoms with van der Waals surface area (Å²) < 4.78 is 43.2. The summed E-state index contributed by atoms with van der Waals surface area (Å²) >= 11 is 0. The van der Waals surface area contributed by atoms with Gasteiger partial charge in [-0.1, -0.05) is 24.3 Å². The van der Waals surface area contributed by atoms with Crippen molar-refractivity contribution in [3.8, 4) is 11.3 Å². The minimum atomic E-state index is -4.71. The van der Waals surface area contributed by atoms with E-state index in [0.29, 0.717) is 17.9 Å². The summed E-state index contributed by atoms with van der Waals surface area (Å²) in [5.74, 6) is -0.956. The molecule has 4 N–H and O–H groups in total. The molecule has 4 aromatic rings. The molecule has 0 bridgehead atoms. The molecule has 2 aromatic carbocycles. The maximum atomic E-state index is 13.7. The highest BCUT2D eigenvalue weighted by molar-refractivity contribution is 6.00. The number of halogens is 3. The minimum absolute atomic E-state index is 0.0362. The van der Waals surface area contributed by atoms with E-state index in [9.17, 15) is 18.0 Å². The molecule has 2 aromatic heterocycles. The average molecular weight is 537 g/mol. The van der Waals surface area contributed by atoms with Crippen LogP contribution in [0.5, 0.6) is 0 Å². The number of nitrogens with zero attached hydrogens (tertiary/aromatic N) is 4. The molecule has 1 fully saturated rings. The molecule has 0 unspecified atom stereocenters. The molecule has 5 rings (SSSR count). The van der Waals surface area contributed by atoms with Crippen LogP contribution in [0, 0.1) is 0 Å². The number of rotatable bonds is 7. The number of benzene rings is 2. The number of para-hydroxylation sites is 1. The molecular weight excluding hydrogens is 509 g/mol. The van der Waals surface area contributed by atoms with Crippen LogP contribution in [-0.4, -0.2) is 45.8 Å². The lowest BCUT2D eigenvalue weighted by Crippen LogP contribution is -2.29. The monoisotopic (exact) mass is 536 g/mol. The molecule has 1 amide bonds. The van der Waals surface area contributed by atoms with E-state index in [1.54, 1.807) is 24.3 Å². The fraction of sp³-hybridized carbons (Fsp3) is 0.259. The van der Waals surface area contributed by atoms with E-state index in [2.05, 4.69) is 31.2 Å². The van der Waals surface area contributed by atoms with E-state index >= 15 is 0 Å². The van der Waals surface area contributed by atoms with Crippen LogP contribution in [0.4, 0.5) is 36.3 Å². The Morgan fingerprint density at radius 2 is 1.77 bits per heavy atom. The zero-order valence-corrected chi connectivity index (χ0v) is 21.1. The smallest absolute Gasteiger partial charge is 0.355 e. The molecule has 0 aliphatic carbocycles. The molecule has 1 aliphatic heterocycles. The fourth-order valence-corrected chi connectivity index (χ4v) is 4.42. The number of aromatic nitrogens is 4. The van der Waals surface area contributed by atoms with Crippen molar-refractivity contribution in [3.63, 3.8) is 0 Å². The molecule has 1 saturated heterocycles. The first-order valence-corrected chi connectivity index (χ1v) is 12.5. The van der Waals surface area contributed by atoms with Crippen molar-refractivity contribution in [2.45, 2.75) is 25.1 Å². The second-order valence-electron chi connectivity index (χ2n) is 9.07. The normalized spacial score (nSPS) is 14.2. The van der Waals surface area contributed by atoms with Gasteiger partial charge in [0.1, 0.15) is 11.4 Å². The van der Waals surface area contributed by atoms with Gasteiger partial charge in [0.2, 0.25) is 5.95 Å². The molecule has 9 nitrogen and oxygen atoms in total. The van der Waals surface area contributed by atoms with Gasteiger partial charge in [-0.3, -0.25) is 9.48 Å². The van der Waals surface area contributed by atoms with E-state index in [-0.39, 0.29) is 17.2 Å². The summed E-state index contributed by atoms with van der Waals surface area (Å²) in [5, 5.41) is 16.2. The lowest BCUT2D eigenvalue weighted by molar-refractivity contribution is -0.137. The van der Waals surface area contributed by atoms with Gasteiger partial charge in [-0.05, 0) is 56.3 Å². The number of alkyl halides is 3. The summed E-state index contributed by atoms with van der Waals surface area (Å²) in [6.45, 7) is 1.95. The number of amides is 1. The lowest BCUT2D eigenvalue weighted by atomic mass is 10.1. The second-order valence-corrected chi connectivity index (χ2v) is 9.07. The number of hydrogen-bond acceptors (Lipinski definition) is 7. The van der Waals surface area contributed by atoms with Crippen molar-refractivity contribution < 1.29 is 18.0 Å². The van der Waals surface area contributed by atoms with Gasteiger partial charge in [0.15, 0.2) is 0 Å². The number of hydrogen-bond donors (Lipinski definition) is 4. The zero-order chi connectivity index (χ0) is 27.4. The van der Waals surface area contributed by atoms with Crippen LogP contribution >= 0.6 is 0 Å². The molecule has 39 heavy (non-hydrogen) atoms. The highest BCUT2D eigenvalue weighted by Crippen LogP contribution is 2.36. The Morgan fingerprint density at radius 1 is 1.03 bits per heavy atom. The topological polar surface area (TPSA) is 109 Å². The van der Waals surface area contributed by atoms with Crippen LogP contribution in [0.2, 0.25) is 0 Å². The minimum Gasteiger partial charge on any atom is -0.355 e. The zero-order valence-electron chi connectivity index (χ0n) is 21.1. The predicted octanol–water partition coefficient (Wildman–Crippen LogP) is 5.13. The van der Waals surface area contributed by atoms with Crippen molar-refractivity contribution in [1.82, 2.24) is 30.4 Å². The molecule has 1 aliphatic rings. The van der Waals surface area contributed by atoms with E-state index in [1.165, 1.54) is 19.2 Å². The highest BCUT2D eigenvalue weighted by atomic mass is 19.4. The summed E-state index contributed by atoms with van der Waals surface area (Å²) in [6.07, 6.45) is 0.0605. The van der Waals surface area contributed by atoms with Gasteiger partial charge in [0.25, 0.3) is 5.91 Å². The largest absolute Gasteiger partial charge is 0.421 e. The first-order chi connectivity index (χ1) is 18.8. The Labute approximate surface area is 222 Å². The van der Waals surface area contributed by atoms with Crippen LogP contribution in [0.25, 0.3) is 11.3 Å². The standard InChI is InChI=1S/C27H27F3N8O/c1-31-25(39)20-4-2-3-5-23(20)35-24-21(27(28,29)30)16-33-26(36-24)34-18-8-6-17(7-9-18)22-12-15-38(37-22)19-10-13-32-14-11-19/h2-9,12,15-16,19,32H,10-11,13-14H2,1H3,(H,31,39)(H2,33,34,35,36).